The number of benzene rings is 2. The summed E-state index contributed by atoms with van der Waals surface area (Å²) in [6, 6.07) is 13.6. The minimum Gasteiger partial charge on any atom is -0.490 e. The fourth-order valence-electron chi connectivity index (χ4n) is 2.73. The molecule has 0 fully saturated rings. The van der Waals surface area contributed by atoms with Gasteiger partial charge in [0.15, 0.2) is 11.5 Å². The van der Waals surface area contributed by atoms with E-state index in [0.29, 0.717) is 31.3 Å². The molecule has 28 heavy (non-hydrogen) atoms. The van der Waals surface area contributed by atoms with Crippen LogP contribution < -0.4 is 9.47 Å². The van der Waals surface area contributed by atoms with E-state index in [-0.39, 0.29) is 5.91 Å². The van der Waals surface area contributed by atoms with Crippen LogP contribution in [-0.2, 0) is 11.3 Å². The van der Waals surface area contributed by atoms with Gasteiger partial charge in [0.1, 0.15) is 5.01 Å². The second kappa shape index (κ2) is 9.37. The van der Waals surface area contributed by atoms with Gasteiger partial charge in [-0.15, -0.1) is 11.3 Å². The first-order valence-corrected chi connectivity index (χ1v) is 10.1. The molecular formula is C22H24N2O3S. The lowest BCUT2D eigenvalue weighted by Gasteiger charge is -2.13. The van der Waals surface area contributed by atoms with Gasteiger partial charge < -0.3 is 14.4 Å². The van der Waals surface area contributed by atoms with Crippen LogP contribution in [0.15, 0.2) is 48.5 Å². The number of carbonyl (C=O) groups is 1. The van der Waals surface area contributed by atoms with Crippen molar-refractivity contribution in [2.75, 3.05) is 20.3 Å². The number of aromatic nitrogens is 1. The highest BCUT2D eigenvalue weighted by Crippen LogP contribution is 2.29. The van der Waals surface area contributed by atoms with Gasteiger partial charge in [0, 0.05) is 13.1 Å². The Labute approximate surface area is 169 Å². The van der Waals surface area contributed by atoms with E-state index < -0.39 is 0 Å². The van der Waals surface area contributed by atoms with Crippen molar-refractivity contribution >= 4 is 33.5 Å². The van der Waals surface area contributed by atoms with Crippen LogP contribution in [0.3, 0.4) is 0 Å². The third-order valence-corrected chi connectivity index (χ3v) is 5.09. The number of para-hydroxylation sites is 1. The van der Waals surface area contributed by atoms with Gasteiger partial charge in [-0.1, -0.05) is 18.2 Å². The Morgan fingerprint density at radius 3 is 2.61 bits per heavy atom. The Balaban J connectivity index is 1.67. The SMILES string of the molecule is CCOc1ccc(/C=C/C(=O)N(C)Cc2nc3ccccc3s2)cc1OCC. The zero-order valence-corrected chi connectivity index (χ0v) is 17.2. The summed E-state index contributed by atoms with van der Waals surface area (Å²) in [7, 11) is 1.78. The van der Waals surface area contributed by atoms with Gasteiger partial charge in [-0.25, -0.2) is 4.98 Å². The van der Waals surface area contributed by atoms with E-state index in [2.05, 4.69) is 4.98 Å². The lowest BCUT2D eigenvalue weighted by atomic mass is 10.2. The van der Waals surface area contributed by atoms with Crippen molar-refractivity contribution in [1.29, 1.82) is 0 Å². The molecule has 2 aromatic carbocycles. The molecule has 1 aromatic heterocycles. The Bertz CT molecular complexity index is 948. The standard InChI is InChI=1S/C22H24N2O3S/c1-4-26-18-12-10-16(14-19(18)27-5-2)11-13-22(25)24(3)15-21-23-17-8-6-7-9-20(17)28-21/h6-14H,4-5,15H2,1-3H3/b13-11+. The largest absolute Gasteiger partial charge is 0.490 e. The third-order valence-electron chi connectivity index (χ3n) is 4.07. The second-order valence-electron chi connectivity index (χ2n) is 6.18. The summed E-state index contributed by atoms with van der Waals surface area (Å²) in [5, 5.41) is 0.921. The van der Waals surface area contributed by atoms with Gasteiger partial charge in [-0.05, 0) is 49.8 Å². The molecule has 0 aliphatic rings. The smallest absolute Gasteiger partial charge is 0.246 e. The first-order valence-electron chi connectivity index (χ1n) is 9.28. The van der Waals surface area contributed by atoms with Gasteiger partial charge in [0.05, 0.1) is 30.0 Å². The molecule has 0 spiro atoms. The number of likely N-dealkylation sites (N-methyl/N-ethyl adjacent to an activating group) is 1. The summed E-state index contributed by atoms with van der Waals surface area (Å²) < 4.78 is 12.3. The molecule has 0 atom stereocenters. The zero-order chi connectivity index (χ0) is 19.9. The predicted octanol–water partition coefficient (Wildman–Crippen LogP) is 4.77. The van der Waals surface area contributed by atoms with Gasteiger partial charge in [0.25, 0.3) is 0 Å². The number of amides is 1. The molecule has 5 nitrogen and oxygen atoms in total. The molecule has 0 bridgehead atoms. The van der Waals surface area contributed by atoms with Crippen molar-refractivity contribution in [3.05, 3.63) is 59.1 Å². The quantitative estimate of drug-likeness (QED) is 0.515. The van der Waals surface area contributed by atoms with Crippen LogP contribution in [0.4, 0.5) is 0 Å². The molecule has 6 heteroatoms. The summed E-state index contributed by atoms with van der Waals surface area (Å²) in [4.78, 5) is 18.7. The van der Waals surface area contributed by atoms with Crippen LogP contribution in [0.1, 0.15) is 24.4 Å². The average Bonchev–Trinajstić information content (AvgIpc) is 3.10. The van der Waals surface area contributed by atoms with E-state index in [0.717, 1.165) is 20.8 Å². The summed E-state index contributed by atoms with van der Waals surface area (Å²) in [6.07, 6.45) is 3.36. The van der Waals surface area contributed by atoms with Gasteiger partial charge >= 0.3 is 0 Å². The van der Waals surface area contributed by atoms with Crippen LogP contribution in [0.2, 0.25) is 0 Å². The maximum Gasteiger partial charge on any atom is 0.246 e. The van der Waals surface area contributed by atoms with E-state index in [1.54, 1.807) is 35.4 Å². The van der Waals surface area contributed by atoms with Crippen molar-refractivity contribution in [2.45, 2.75) is 20.4 Å². The first-order chi connectivity index (χ1) is 13.6. The second-order valence-corrected chi connectivity index (χ2v) is 7.29. The first kappa shape index (κ1) is 19.9. The lowest BCUT2D eigenvalue weighted by molar-refractivity contribution is -0.125. The molecule has 0 saturated heterocycles. The minimum atomic E-state index is -0.0777. The van der Waals surface area contributed by atoms with Crippen LogP contribution >= 0.6 is 11.3 Å². The summed E-state index contributed by atoms with van der Waals surface area (Å²) in [5.41, 5.74) is 1.85. The molecule has 0 aliphatic carbocycles. The molecular weight excluding hydrogens is 372 g/mol. The van der Waals surface area contributed by atoms with Crippen molar-refractivity contribution in [3.63, 3.8) is 0 Å². The van der Waals surface area contributed by atoms with Gasteiger partial charge in [0.2, 0.25) is 5.91 Å². The number of fused-ring (bicyclic) bond motifs is 1. The normalized spacial score (nSPS) is 11.1. The van der Waals surface area contributed by atoms with Crippen LogP contribution in [-0.4, -0.2) is 36.1 Å². The van der Waals surface area contributed by atoms with Crippen molar-refractivity contribution in [3.8, 4) is 11.5 Å². The fraction of sp³-hybridized carbons (Fsp3) is 0.273. The minimum absolute atomic E-state index is 0.0777. The van der Waals surface area contributed by atoms with Crippen LogP contribution in [0.5, 0.6) is 11.5 Å². The third kappa shape index (κ3) is 4.89. The number of hydrogen-bond acceptors (Lipinski definition) is 5. The van der Waals surface area contributed by atoms with Crippen molar-refractivity contribution in [2.24, 2.45) is 0 Å². The summed E-state index contributed by atoms with van der Waals surface area (Å²) >= 11 is 1.61. The number of thiazole rings is 1. The van der Waals surface area contributed by atoms with E-state index in [4.69, 9.17) is 9.47 Å². The van der Waals surface area contributed by atoms with E-state index in [1.165, 1.54) is 0 Å². The zero-order valence-electron chi connectivity index (χ0n) is 16.3. The van der Waals surface area contributed by atoms with Crippen LogP contribution in [0, 0.1) is 0 Å². The number of rotatable bonds is 8. The molecule has 0 radical (unpaired) electrons. The predicted molar refractivity (Wildman–Crippen MR) is 114 cm³/mol. The Morgan fingerprint density at radius 1 is 1.11 bits per heavy atom. The molecule has 3 aromatic rings. The topological polar surface area (TPSA) is 51.7 Å². The Kier molecular flexibility index (Phi) is 6.66. The Morgan fingerprint density at radius 2 is 1.86 bits per heavy atom. The summed E-state index contributed by atoms with van der Waals surface area (Å²) in [6.45, 7) is 5.47. The number of ether oxygens (including phenoxy) is 2. The van der Waals surface area contributed by atoms with Crippen molar-refractivity contribution < 1.29 is 14.3 Å². The fourth-order valence-corrected chi connectivity index (χ4v) is 3.76. The molecule has 3 rings (SSSR count). The van der Waals surface area contributed by atoms with Crippen LogP contribution in [0.25, 0.3) is 16.3 Å². The lowest BCUT2D eigenvalue weighted by Crippen LogP contribution is -2.23. The summed E-state index contributed by atoms with van der Waals surface area (Å²) in [5.74, 6) is 1.31. The molecule has 0 aliphatic heterocycles. The van der Waals surface area contributed by atoms with Crippen molar-refractivity contribution in [1.82, 2.24) is 9.88 Å². The highest BCUT2D eigenvalue weighted by atomic mass is 32.1. The van der Waals surface area contributed by atoms with E-state index >= 15 is 0 Å². The van der Waals surface area contributed by atoms with E-state index in [9.17, 15) is 4.79 Å². The molecule has 0 unspecified atom stereocenters. The number of nitrogens with zero attached hydrogens (tertiary/aromatic N) is 2. The molecule has 1 amide bonds. The highest BCUT2D eigenvalue weighted by Gasteiger charge is 2.10. The molecule has 1 heterocycles. The maximum atomic E-state index is 12.5. The monoisotopic (exact) mass is 396 g/mol. The molecule has 0 N–H and O–H groups in total. The highest BCUT2D eigenvalue weighted by molar-refractivity contribution is 7.18. The average molecular weight is 397 g/mol. The van der Waals surface area contributed by atoms with Gasteiger partial charge in [-0.2, -0.15) is 0 Å². The molecule has 0 saturated carbocycles. The number of carbonyl (C=O) groups excluding carboxylic acids is 1. The van der Waals surface area contributed by atoms with E-state index in [1.807, 2.05) is 56.3 Å². The maximum absolute atomic E-state index is 12.5. The number of hydrogen-bond donors (Lipinski definition) is 0. The Hall–Kier alpha value is -2.86. The van der Waals surface area contributed by atoms with Gasteiger partial charge in [-0.3, -0.25) is 4.79 Å². The molecule has 146 valence electrons.